The summed E-state index contributed by atoms with van der Waals surface area (Å²) in [5.41, 5.74) is 2.45. The summed E-state index contributed by atoms with van der Waals surface area (Å²) in [4.78, 5) is 15.7. The second kappa shape index (κ2) is 10.0. The van der Waals surface area contributed by atoms with Gasteiger partial charge >= 0.3 is 0 Å². The molecular weight excluding hydrogens is 428 g/mol. The van der Waals surface area contributed by atoms with E-state index in [4.69, 9.17) is 0 Å². The lowest BCUT2D eigenvalue weighted by Gasteiger charge is -2.27. The van der Waals surface area contributed by atoms with E-state index in [0.717, 1.165) is 16.0 Å². The third kappa shape index (κ3) is 5.68. The largest absolute Gasteiger partial charge is 0.340 e. The number of sulfonamides is 1. The number of thioether (sulfide) groups is 1. The second-order valence-corrected chi connectivity index (χ2v) is 10.0. The minimum absolute atomic E-state index is 0.157. The monoisotopic (exact) mass is 454 g/mol. The Morgan fingerprint density at radius 3 is 2.10 bits per heavy atom. The van der Waals surface area contributed by atoms with Crippen LogP contribution in [0.3, 0.4) is 0 Å². The summed E-state index contributed by atoms with van der Waals surface area (Å²) >= 11 is 1.54. The summed E-state index contributed by atoms with van der Waals surface area (Å²) in [5, 5.41) is 0. The van der Waals surface area contributed by atoms with Crippen LogP contribution >= 0.6 is 11.8 Å². The summed E-state index contributed by atoms with van der Waals surface area (Å²) in [5.74, 6) is -0.284. The van der Waals surface area contributed by atoms with Crippen LogP contribution in [-0.4, -0.2) is 39.1 Å². The zero-order valence-corrected chi connectivity index (χ0v) is 19.5. The number of hydrogen-bond acceptors (Lipinski definition) is 4. The van der Waals surface area contributed by atoms with Gasteiger partial charge in [-0.05, 0) is 55.1 Å². The molecule has 0 saturated carbocycles. The molecule has 1 amide bonds. The predicted molar refractivity (Wildman–Crippen MR) is 127 cm³/mol. The Labute approximate surface area is 188 Å². The number of likely N-dealkylation sites (N-methyl/N-ethyl adjacent to an activating group) is 1. The standard InChI is InChI=1S/C24H26N2O3S2/c1-19-9-11-21(12-10-19)26(31(28,29)23-15-13-22(30-3)14-16-23)18-24(27)25(2)17-20-7-5-4-6-8-20/h4-16H,17-18H2,1-3H3. The molecule has 7 heteroatoms. The van der Waals surface area contributed by atoms with Crippen molar-refractivity contribution in [2.45, 2.75) is 23.3 Å². The van der Waals surface area contributed by atoms with Gasteiger partial charge in [0.05, 0.1) is 10.6 Å². The normalized spacial score (nSPS) is 11.2. The van der Waals surface area contributed by atoms with Crippen molar-refractivity contribution in [3.63, 3.8) is 0 Å². The molecule has 0 N–H and O–H groups in total. The number of amides is 1. The van der Waals surface area contributed by atoms with Gasteiger partial charge in [0.2, 0.25) is 5.91 Å². The van der Waals surface area contributed by atoms with Gasteiger partial charge in [-0.1, -0.05) is 48.0 Å². The SMILES string of the molecule is CSc1ccc(S(=O)(=O)N(CC(=O)N(C)Cc2ccccc2)c2ccc(C)cc2)cc1. The minimum Gasteiger partial charge on any atom is -0.340 e. The van der Waals surface area contributed by atoms with Gasteiger partial charge in [-0.15, -0.1) is 11.8 Å². The molecule has 3 aromatic carbocycles. The predicted octanol–water partition coefficient (Wildman–Crippen LogP) is 4.57. The average molecular weight is 455 g/mol. The molecule has 5 nitrogen and oxygen atoms in total. The first-order valence-corrected chi connectivity index (χ1v) is 12.5. The zero-order valence-electron chi connectivity index (χ0n) is 17.9. The topological polar surface area (TPSA) is 57.7 Å². The Hall–Kier alpha value is -2.77. The fourth-order valence-corrected chi connectivity index (χ4v) is 4.91. The summed E-state index contributed by atoms with van der Waals surface area (Å²) < 4.78 is 28.1. The van der Waals surface area contributed by atoms with E-state index >= 15 is 0 Å². The second-order valence-electron chi connectivity index (χ2n) is 7.26. The molecule has 0 heterocycles. The third-order valence-corrected chi connectivity index (χ3v) is 7.47. The first kappa shape index (κ1) is 22.9. The van der Waals surface area contributed by atoms with E-state index in [0.29, 0.717) is 12.2 Å². The van der Waals surface area contributed by atoms with Crippen LogP contribution in [0.15, 0.2) is 88.7 Å². The molecule has 3 aromatic rings. The highest BCUT2D eigenvalue weighted by Crippen LogP contribution is 2.26. The van der Waals surface area contributed by atoms with Crippen molar-refractivity contribution in [2.75, 3.05) is 24.2 Å². The lowest BCUT2D eigenvalue weighted by atomic mass is 10.2. The molecule has 0 aliphatic rings. The number of anilines is 1. The van der Waals surface area contributed by atoms with E-state index in [-0.39, 0.29) is 17.3 Å². The molecule has 0 aliphatic heterocycles. The van der Waals surface area contributed by atoms with Crippen molar-refractivity contribution in [2.24, 2.45) is 0 Å². The van der Waals surface area contributed by atoms with Crippen LogP contribution in [0.4, 0.5) is 5.69 Å². The van der Waals surface area contributed by atoms with Crippen LogP contribution in [0, 0.1) is 6.92 Å². The van der Waals surface area contributed by atoms with Crippen molar-refractivity contribution in [1.29, 1.82) is 0 Å². The Bertz CT molecular complexity index is 1110. The fraction of sp³-hybridized carbons (Fsp3) is 0.208. The number of carbonyl (C=O) groups excluding carboxylic acids is 1. The number of nitrogens with zero attached hydrogens (tertiary/aromatic N) is 2. The van der Waals surface area contributed by atoms with Crippen molar-refractivity contribution in [3.05, 3.63) is 90.0 Å². The van der Waals surface area contributed by atoms with E-state index in [1.165, 1.54) is 4.31 Å². The van der Waals surface area contributed by atoms with Crippen LogP contribution in [0.1, 0.15) is 11.1 Å². The van der Waals surface area contributed by atoms with Crippen molar-refractivity contribution in [1.82, 2.24) is 4.90 Å². The average Bonchev–Trinajstić information content (AvgIpc) is 2.78. The third-order valence-electron chi connectivity index (χ3n) is 4.94. The lowest BCUT2D eigenvalue weighted by molar-refractivity contribution is -0.128. The van der Waals surface area contributed by atoms with Gasteiger partial charge in [0.15, 0.2) is 0 Å². The van der Waals surface area contributed by atoms with Gasteiger partial charge in [-0.2, -0.15) is 0 Å². The molecule has 0 atom stereocenters. The van der Waals surface area contributed by atoms with Crippen molar-refractivity contribution < 1.29 is 13.2 Å². The maximum absolute atomic E-state index is 13.5. The smallest absolute Gasteiger partial charge is 0.264 e. The van der Waals surface area contributed by atoms with E-state index in [1.54, 1.807) is 60.1 Å². The highest BCUT2D eigenvalue weighted by molar-refractivity contribution is 7.98. The van der Waals surface area contributed by atoms with Gasteiger partial charge in [-0.25, -0.2) is 8.42 Å². The van der Waals surface area contributed by atoms with Crippen LogP contribution < -0.4 is 4.31 Å². The maximum atomic E-state index is 13.5. The van der Waals surface area contributed by atoms with Crippen LogP contribution in [0.2, 0.25) is 0 Å². The zero-order chi connectivity index (χ0) is 22.4. The molecule has 31 heavy (non-hydrogen) atoms. The van der Waals surface area contributed by atoms with E-state index in [2.05, 4.69) is 0 Å². The summed E-state index contributed by atoms with van der Waals surface area (Å²) in [6.07, 6.45) is 1.93. The van der Waals surface area contributed by atoms with Crippen LogP contribution in [0.5, 0.6) is 0 Å². The Morgan fingerprint density at radius 2 is 1.52 bits per heavy atom. The van der Waals surface area contributed by atoms with Crippen molar-refractivity contribution in [3.8, 4) is 0 Å². The van der Waals surface area contributed by atoms with E-state index in [1.807, 2.05) is 55.6 Å². The van der Waals surface area contributed by atoms with Gasteiger partial charge in [0, 0.05) is 18.5 Å². The molecule has 0 aromatic heterocycles. The van der Waals surface area contributed by atoms with Crippen molar-refractivity contribution >= 4 is 33.4 Å². The number of benzene rings is 3. The number of aryl methyl sites for hydroxylation is 1. The quantitative estimate of drug-likeness (QED) is 0.468. The van der Waals surface area contributed by atoms with Crippen LogP contribution in [0.25, 0.3) is 0 Å². The summed E-state index contributed by atoms with van der Waals surface area (Å²) in [7, 11) is -2.23. The summed E-state index contributed by atoms with van der Waals surface area (Å²) in [6, 6.07) is 23.5. The molecule has 0 spiro atoms. The summed E-state index contributed by atoms with van der Waals surface area (Å²) in [6.45, 7) is 2.06. The molecule has 0 bridgehead atoms. The lowest BCUT2D eigenvalue weighted by Crippen LogP contribution is -2.41. The molecule has 0 unspecified atom stereocenters. The Balaban J connectivity index is 1.90. The van der Waals surface area contributed by atoms with Gasteiger partial charge in [0.1, 0.15) is 6.54 Å². The highest BCUT2D eigenvalue weighted by atomic mass is 32.2. The minimum atomic E-state index is -3.92. The van der Waals surface area contributed by atoms with Crippen LogP contribution in [-0.2, 0) is 21.4 Å². The maximum Gasteiger partial charge on any atom is 0.264 e. The molecule has 0 fully saturated rings. The molecule has 0 aliphatic carbocycles. The van der Waals surface area contributed by atoms with Gasteiger partial charge in [-0.3, -0.25) is 9.10 Å². The Kier molecular flexibility index (Phi) is 7.41. The number of hydrogen-bond donors (Lipinski definition) is 0. The number of rotatable bonds is 8. The molecule has 0 radical (unpaired) electrons. The molecule has 0 saturated heterocycles. The molecule has 3 rings (SSSR count). The number of carbonyl (C=O) groups is 1. The Morgan fingerprint density at radius 1 is 0.903 bits per heavy atom. The first-order chi connectivity index (χ1) is 14.8. The van der Waals surface area contributed by atoms with E-state index in [9.17, 15) is 13.2 Å². The fourth-order valence-electron chi connectivity index (χ4n) is 3.09. The molecule has 162 valence electrons. The highest BCUT2D eigenvalue weighted by Gasteiger charge is 2.28. The van der Waals surface area contributed by atoms with Gasteiger partial charge in [0.25, 0.3) is 10.0 Å². The van der Waals surface area contributed by atoms with E-state index < -0.39 is 10.0 Å². The first-order valence-electron chi connectivity index (χ1n) is 9.82. The molecular formula is C24H26N2O3S2. The van der Waals surface area contributed by atoms with Gasteiger partial charge < -0.3 is 4.90 Å².